The average Bonchev–Trinajstić information content (AvgIpc) is 3.36. The first-order valence-corrected chi connectivity index (χ1v) is 11.0. The van der Waals surface area contributed by atoms with Crippen LogP contribution in [-0.2, 0) is 11.4 Å². The van der Waals surface area contributed by atoms with Crippen LogP contribution in [0, 0.1) is 5.92 Å². The van der Waals surface area contributed by atoms with E-state index in [0.717, 1.165) is 16.9 Å². The number of aromatic nitrogens is 3. The third kappa shape index (κ3) is 6.19. The molecule has 0 fully saturated rings. The Morgan fingerprint density at radius 2 is 1.62 bits per heavy atom. The van der Waals surface area contributed by atoms with Crippen molar-refractivity contribution in [3.63, 3.8) is 0 Å². The minimum absolute atomic E-state index is 0.0377. The zero-order chi connectivity index (χ0) is 23.8. The minimum Gasteiger partial charge on any atom is -0.489 e. The van der Waals surface area contributed by atoms with Crippen LogP contribution in [0.15, 0.2) is 83.6 Å². The van der Waals surface area contributed by atoms with Crippen molar-refractivity contribution in [2.24, 2.45) is 5.92 Å². The van der Waals surface area contributed by atoms with E-state index in [0.29, 0.717) is 24.1 Å². The van der Waals surface area contributed by atoms with Crippen LogP contribution in [-0.4, -0.2) is 27.6 Å². The fourth-order valence-electron chi connectivity index (χ4n) is 3.23. The van der Waals surface area contributed by atoms with Crippen LogP contribution >= 0.6 is 0 Å². The number of hydrogen-bond donors (Lipinski definition) is 1. The molecule has 0 aliphatic rings. The molecule has 0 saturated heterocycles. The molecule has 1 atom stereocenters. The monoisotopic (exact) mass is 458 g/mol. The second kappa shape index (κ2) is 11.1. The molecule has 4 rings (SSSR count). The Balaban J connectivity index is 1.29. The molecule has 4 aromatic rings. The van der Waals surface area contributed by atoms with E-state index >= 15 is 0 Å². The van der Waals surface area contributed by atoms with Gasteiger partial charge in [0.25, 0.3) is 5.91 Å². The van der Waals surface area contributed by atoms with E-state index in [2.05, 4.69) is 20.4 Å². The molecule has 0 saturated carbocycles. The second-order valence-electron chi connectivity index (χ2n) is 8.02. The molecule has 2 heterocycles. The van der Waals surface area contributed by atoms with Gasteiger partial charge in [0.15, 0.2) is 6.61 Å². The van der Waals surface area contributed by atoms with E-state index < -0.39 is 6.04 Å². The van der Waals surface area contributed by atoms with E-state index in [1.807, 2.05) is 56.3 Å². The van der Waals surface area contributed by atoms with Gasteiger partial charge >= 0.3 is 0 Å². The number of carbonyl (C=O) groups is 1. The highest BCUT2D eigenvalue weighted by molar-refractivity contribution is 5.78. The fraction of sp³-hybridized carbons (Fsp3) is 0.231. The Kier molecular flexibility index (Phi) is 7.49. The maximum Gasteiger partial charge on any atom is 0.258 e. The zero-order valence-corrected chi connectivity index (χ0v) is 19.0. The highest BCUT2D eigenvalue weighted by Gasteiger charge is 2.25. The summed E-state index contributed by atoms with van der Waals surface area (Å²) in [6.07, 6.45) is 3.32. The first-order valence-electron chi connectivity index (χ1n) is 11.0. The summed E-state index contributed by atoms with van der Waals surface area (Å²) in [5, 5.41) is 6.95. The Morgan fingerprint density at radius 3 is 2.29 bits per heavy atom. The maximum atomic E-state index is 12.5. The van der Waals surface area contributed by atoms with Crippen LogP contribution in [0.2, 0.25) is 0 Å². The Hall–Kier alpha value is -4.20. The molecule has 1 N–H and O–H groups in total. The summed E-state index contributed by atoms with van der Waals surface area (Å²) in [7, 11) is 0. The van der Waals surface area contributed by atoms with Crippen molar-refractivity contribution in [3.05, 3.63) is 90.6 Å². The molecule has 34 heavy (non-hydrogen) atoms. The lowest BCUT2D eigenvalue weighted by Gasteiger charge is -2.18. The normalized spacial score (nSPS) is 11.7. The van der Waals surface area contributed by atoms with Gasteiger partial charge < -0.3 is 19.3 Å². The fourth-order valence-corrected chi connectivity index (χ4v) is 3.23. The van der Waals surface area contributed by atoms with Crippen LogP contribution in [0.25, 0.3) is 11.4 Å². The van der Waals surface area contributed by atoms with E-state index in [4.69, 9.17) is 14.0 Å². The van der Waals surface area contributed by atoms with Crippen molar-refractivity contribution in [3.8, 4) is 22.9 Å². The van der Waals surface area contributed by atoms with Gasteiger partial charge in [-0.2, -0.15) is 4.98 Å². The molecule has 0 spiro atoms. The summed E-state index contributed by atoms with van der Waals surface area (Å²) in [6, 6.07) is 20.3. The largest absolute Gasteiger partial charge is 0.489 e. The molecule has 0 aliphatic heterocycles. The van der Waals surface area contributed by atoms with Gasteiger partial charge in [-0.15, -0.1) is 0 Å². The SMILES string of the molecule is CC(C)C(NC(=O)COc1ccc(OCc2ccccc2)cc1)c1nc(-c2ccncc2)no1. The standard InChI is InChI=1S/C26H26N4O4/c1-18(2)24(26-29-25(30-34-26)20-12-14-27-15-13-20)28-23(31)17-33-22-10-8-21(9-11-22)32-16-19-6-4-3-5-7-19/h3-15,18,24H,16-17H2,1-2H3,(H,28,31). The topological polar surface area (TPSA) is 99.4 Å². The molecule has 1 unspecified atom stereocenters. The number of benzene rings is 2. The highest BCUT2D eigenvalue weighted by Crippen LogP contribution is 2.23. The minimum atomic E-state index is -0.437. The van der Waals surface area contributed by atoms with Gasteiger partial charge in [0.05, 0.1) is 0 Å². The first kappa shape index (κ1) is 23.0. The Bertz CT molecular complexity index is 1180. The Morgan fingerprint density at radius 1 is 0.941 bits per heavy atom. The van der Waals surface area contributed by atoms with Gasteiger partial charge in [0.1, 0.15) is 24.1 Å². The molecule has 1 amide bonds. The maximum absolute atomic E-state index is 12.5. The molecule has 0 aliphatic carbocycles. The van der Waals surface area contributed by atoms with Gasteiger partial charge in [-0.1, -0.05) is 49.3 Å². The molecule has 0 bridgehead atoms. The molecule has 174 valence electrons. The molecule has 2 aromatic heterocycles. The number of rotatable bonds is 10. The predicted octanol–water partition coefficient (Wildman–Crippen LogP) is 4.60. The molecule has 0 radical (unpaired) electrons. The van der Waals surface area contributed by atoms with Crippen molar-refractivity contribution in [1.29, 1.82) is 0 Å². The summed E-state index contributed by atoms with van der Waals surface area (Å²) in [4.78, 5) is 21.0. The number of nitrogens with one attached hydrogen (secondary N) is 1. The molecular weight excluding hydrogens is 432 g/mol. The van der Waals surface area contributed by atoms with Crippen LogP contribution < -0.4 is 14.8 Å². The van der Waals surface area contributed by atoms with Gasteiger partial charge in [-0.05, 0) is 47.9 Å². The lowest BCUT2D eigenvalue weighted by Crippen LogP contribution is -2.35. The molecule has 8 nitrogen and oxygen atoms in total. The number of ether oxygens (including phenoxy) is 2. The van der Waals surface area contributed by atoms with E-state index in [1.165, 1.54) is 0 Å². The van der Waals surface area contributed by atoms with Crippen molar-refractivity contribution < 1.29 is 18.8 Å². The second-order valence-corrected chi connectivity index (χ2v) is 8.02. The molecular formula is C26H26N4O4. The lowest BCUT2D eigenvalue weighted by atomic mass is 10.0. The smallest absolute Gasteiger partial charge is 0.258 e. The van der Waals surface area contributed by atoms with Crippen molar-refractivity contribution in [2.45, 2.75) is 26.5 Å². The summed E-state index contributed by atoms with van der Waals surface area (Å²) >= 11 is 0. The highest BCUT2D eigenvalue weighted by atomic mass is 16.5. The summed E-state index contributed by atoms with van der Waals surface area (Å²) in [5.74, 6) is 1.84. The quantitative estimate of drug-likeness (QED) is 0.371. The number of pyridine rings is 1. The molecule has 8 heteroatoms. The first-order chi connectivity index (χ1) is 16.6. The van der Waals surface area contributed by atoms with Crippen molar-refractivity contribution >= 4 is 5.91 Å². The third-order valence-electron chi connectivity index (χ3n) is 5.07. The summed E-state index contributed by atoms with van der Waals surface area (Å²) in [5.41, 5.74) is 1.88. The van der Waals surface area contributed by atoms with Gasteiger partial charge in [0.2, 0.25) is 11.7 Å². The van der Waals surface area contributed by atoms with Crippen LogP contribution in [0.4, 0.5) is 0 Å². The summed E-state index contributed by atoms with van der Waals surface area (Å²) in [6.45, 7) is 4.28. The van der Waals surface area contributed by atoms with E-state index in [-0.39, 0.29) is 18.4 Å². The van der Waals surface area contributed by atoms with Crippen LogP contribution in [0.1, 0.15) is 31.3 Å². The number of nitrogens with zero attached hydrogens (tertiary/aromatic N) is 3. The van der Waals surface area contributed by atoms with E-state index in [1.54, 1.807) is 36.7 Å². The average molecular weight is 459 g/mol. The Labute approximate surface area is 198 Å². The van der Waals surface area contributed by atoms with Crippen molar-refractivity contribution in [2.75, 3.05) is 6.61 Å². The molecule has 2 aromatic carbocycles. The summed E-state index contributed by atoms with van der Waals surface area (Å²) < 4.78 is 16.8. The number of hydrogen-bond acceptors (Lipinski definition) is 7. The zero-order valence-electron chi connectivity index (χ0n) is 19.0. The predicted molar refractivity (Wildman–Crippen MR) is 126 cm³/mol. The van der Waals surface area contributed by atoms with E-state index in [9.17, 15) is 4.79 Å². The van der Waals surface area contributed by atoms with Gasteiger partial charge in [0, 0.05) is 18.0 Å². The third-order valence-corrected chi connectivity index (χ3v) is 5.07. The number of carbonyl (C=O) groups excluding carboxylic acids is 1. The van der Waals surface area contributed by atoms with Gasteiger partial charge in [-0.3, -0.25) is 9.78 Å². The van der Waals surface area contributed by atoms with Crippen LogP contribution in [0.5, 0.6) is 11.5 Å². The number of amides is 1. The van der Waals surface area contributed by atoms with Crippen LogP contribution in [0.3, 0.4) is 0 Å². The van der Waals surface area contributed by atoms with Crippen molar-refractivity contribution in [1.82, 2.24) is 20.4 Å². The van der Waals surface area contributed by atoms with Gasteiger partial charge in [-0.25, -0.2) is 0 Å². The lowest BCUT2D eigenvalue weighted by molar-refractivity contribution is -0.124.